The molecule has 9 nitrogen and oxygen atoms in total. The van der Waals surface area contributed by atoms with Crippen molar-refractivity contribution in [3.63, 3.8) is 0 Å². The Morgan fingerprint density at radius 1 is 1.30 bits per heavy atom. The number of sulfonamides is 1. The van der Waals surface area contributed by atoms with Crippen LogP contribution in [0.3, 0.4) is 0 Å². The molecule has 1 aliphatic carbocycles. The van der Waals surface area contributed by atoms with E-state index in [0.29, 0.717) is 25.4 Å². The summed E-state index contributed by atoms with van der Waals surface area (Å²) >= 11 is 0. The van der Waals surface area contributed by atoms with Crippen LogP contribution in [0.2, 0.25) is 0 Å². The highest BCUT2D eigenvalue weighted by molar-refractivity contribution is 7.89. The molecule has 2 aliphatic rings. The summed E-state index contributed by atoms with van der Waals surface area (Å²) in [4.78, 5) is 11.6. The van der Waals surface area contributed by atoms with Crippen LogP contribution in [0.1, 0.15) is 47.3 Å². The zero-order valence-corrected chi connectivity index (χ0v) is 15.7. The minimum atomic E-state index is -3.75. The maximum Gasteiger partial charge on any atom is 0.252 e. The molecule has 1 saturated carbocycles. The topological polar surface area (TPSA) is 120 Å². The van der Waals surface area contributed by atoms with Crippen LogP contribution in [0, 0.1) is 0 Å². The van der Waals surface area contributed by atoms with Crippen molar-refractivity contribution in [1.82, 2.24) is 19.3 Å². The van der Waals surface area contributed by atoms with Gasteiger partial charge >= 0.3 is 0 Å². The van der Waals surface area contributed by atoms with E-state index in [1.807, 2.05) is 6.20 Å². The summed E-state index contributed by atoms with van der Waals surface area (Å²) in [6, 6.07) is 4.09. The highest BCUT2D eigenvalue weighted by Crippen LogP contribution is 2.39. The fourth-order valence-electron chi connectivity index (χ4n) is 3.37. The zero-order valence-electron chi connectivity index (χ0n) is 14.9. The first-order valence-corrected chi connectivity index (χ1v) is 10.2. The minimum absolute atomic E-state index is 0.0232. The Morgan fingerprint density at radius 3 is 2.74 bits per heavy atom. The van der Waals surface area contributed by atoms with E-state index in [1.165, 1.54) is 29.6 Å². The van der Waals surface area contributed by atoms with Crippen molar-refractivity contribution in [3.05, 3.63) is 35.7 Å². The summed E-state index contributed by atoms with van der Waals surface area (Å²) in [7, 11) is -2.35. The van der Waals surface area contributed by atoms with E-state index in [4.69, 9.17) is 10.5 Å². The fourth-order valence-corrected chi connectivity index (χ4v) is 4.89. The molecule has 2 fully saturated rings. The Balaban J connectivity index is 1.55. The second-order valence-corrected chi connectivity index (χ2v) is 8.87. The number of nitrogens with two attached hydrogens (primary N) is 1. The summed E-state index contributed by atoms with van der Waals surface area (Å²) in [6.45, 7) is 0.692. The van der Waals surface area contributed by atoms with Gasteiger partial charge in [-0.3, -0.25) is 4.79 Å². The van der Waals surface area contributed by atoms with E-state index in [0.717, 1.165) is 18.5 Å². The third-order valence-corrected chi connectivity index (χ3v) is 6.96. The summed E-state index contributed by atoms with van der Waals surface area (Å²) in [5.74, 6) is 0.0147. The number of hydrogen-bond donors (Lipinski definition) is 1. The zero-order chi connectivity index (χ0) is 19.2. The highest BCUT2D eigenvalue weighted by atomic mass is 32.2. The number of amides is 1. The average Bonchev–Trinajstić information content (AvgIpc) is 3.18. The van der Waals surface area contributed by atoms with Gasteiger partial charge in [-0.25, -0.2) is 13.1 Å². The molecular formula is C17H21N5O4S. The predicted octanol–water partition coefficient (Wildman–Crippen LogP) is 0.899. The Hall–Kier alpha value is -2.46. The quantitative estimate of drug-likeness (QED) is 0.781. The van der Waals surface area contributed by atoms with E-state index < -0.39 is 15.9 Å². The van der Waals surface area contributed by atoms with Crippen LogP contribution in [0.5, 0.6) is 5.75 Å². The normalized spacial score (nSPS) is 20.7. The molecule has 1 aromatic carbocycles. The lowest BCUT2D eigenvalue weighted by Gasteiger charge is -2.17. The Morgan fingerprint density at radius 2 is 2.07 bits per heavy atom. The van der Waals surface area contributed by atoms with E-state index in [-0.39, 0.29) is 22.3 Å². The first-order valence-electron chi connectivity index (χ1n) is 8.80. The van der Waals surface area contributed by atoms with Gasteiger partial charge in [0.05, 0.1) is 29.3 Å². The van der Waals surface area contributed by atoms with Crippen LogP contribution >= 0.6 is 0 Å². The maximum absolute atomic E-state index is 13.0. The second kappa shape index (κ2) is 6.61. The van der Waals surface area contributed by atoms with Gasteiger partial charge in [0, 0.05) is 25.2 Å². The van der Waals surface area contributed by atoms with Crippen LogP contribution in [-0.2, 0) is 10.0 Å². The van der Waals surface area contributed by atoms with E-state index in [2.05, 4.69) is 10.3 Å². The fraction of sp³-hybridized carbons (Fsp3) is 0.471. The molecule has 1 unspecified atom stereocenters. The number of rotatable bonds is 6. The first-order chi connectivity index (χ1) is 12.9. The number of carbonyl (C=O) groups is 1. The molecule has 2 N–H and O–H groups in total. The molecule has 1 saturated heterocycles. The minimum Gasteiger partial charge on any atom is -0.496 e. The second-order valence-electron chi connectivity index (χ2n) is 6.93. The molecule has 10 heteroatoms. The van der Waals surface area contributed by atoms with Crippen LogP contribution in [0.25, 0.3) is 0 Å². The molecule has 1 atom stereocenters. The van der Waals surface area contributed by atoms with E-state index in [9.17, 15) is 13.2 Å². The van der Waals surface area contributed by atoms with Gasteiger partial charge in [0.1, 0.15) is 5.75 Å². The smallest absolute Gasteiger partial charge is 0.252 e. The standard InChI is InChI=1S/C17H21N5O4S/c1-26-16-5-4-13(8-14(16)17(18)23)27(24,25)21-7-6-12(9-21)22-10-15(19-20-22)11-2-3-11/h4-5,8,10-12H,2-3,6-7,9H2,1H3,(H2,18,23). The molecule has 0 bridgehead atoms. The van der Waals surface area contributed by atoms with Crippen LogP contribution in [-0.4, -0.2) is 53.8 Å². The number of aromatic nitrogens is 3. The van der Waals surface area contributed by atoms with Crippen molar-refractivity contribution in [2.24, 2.45) is 5.73 Å². The molecule has 2 aromatic rings. The Kier molecular flexibility index (Phi) is 4.39. The molecule has 0 radical (unpaired) electrons. The van der Waals surface area contributed by atoms with E-state index >= 15 is 0 Å². The van der Waals surface area contributed by atoms with E-state index in [1.54, 1.807) is 4.68 Å². The summed E-state index contributed by atoms with van der Waals surface area (Å²) < 4.78 is 34.2. The molecular weight excluding hydrogens is 370 g/mol. The largest absolute Gasteiger partial charge is 0.496 e. The van der Waals surface area contributed by atoms with Crippen LogP contribution in [0.15, 0.2) is 29.3 Å². The molecule has 27 heavy (non-hydrogen) atoms. The summed E-state index contributed by atoms with van der Waals surface area (Å²) in [6.07, 6.45) is 4.87. The average molecular weight is 391 g/mol. The number of benzene rings is 1. The van der Waals surface area contributed by atoms with Crippen molar-refractivity contribution < 1.29 is 17.9 Å². The van der Waals surface area contributed by atoms with Crippen molar-refractivity contribution in [3.8, 4) is 5.75 Å². The number of primary amides is 1. The third-order valence-electron chi connectivity index (χ3n) is 5.10. The molecule has 1 aliphatic heterocycles. The Labute approximate surface area is 157 Å². The SMILES string of the molecule is COc1ccc(S(=O)(=O)N2CCC(n3cc(C4CC4)nn3)C2)cc1C(N)=O. The van der Waals surface area contributed by atoms with Crippen molar-refractivity contribution in [1.29, 1.82) is 0 Å². The van der Waals surface area contributed by atoms with Crippen molar-refractivity contribution in [2.75, 3.05) is 20.2 Å². The van der Waals surface area contributed by atoms with Gasteiger partial charge in [-0.2, -0.15) is 4.31 Å². The molecule has 144 valence electrons. The number of carbonyl (C=O) groups excluding carboxylic acids is 1. The van der Waals surface area contributed by atoms with Crippen molar-refractivity contribution >= 4 is 15.9 Å². The number of hydrogen-bond acceptors (Lipinski definition) is 6. The molecule has 1 amide bonds. The lowest BCUT2D eigenvalue weighted by Crippen LogP contribution is -2.29. The summed E-state index contributed by atoms with van der Waals surface area (Å²) in [5.41, 5.74) is 6.36. The molecule has 2 heterocycles. The maximum atomic E-state index is 13.0. The van der Waals surface area contributed by atoms with Crippen LogP contribution in [0.4, 0.5) is 0 Å². The monoisotopic (exact) mass is 391 g/mol. The third kappa shape index (κ3) is 3.30. The highest BCUT2D eigenvalue weighted by Gasteiger charge is 2.35. The van der Waals surface area contributed by atoms with Gasteiger partial charge in [-0.1, -0.05) is 5.21 Å². The van der Waals surface area contributed by atoms with Gasteiger partial charge in [0.2, 0.25) is 10.0 Å². The first kappa shape index (κ1) is 17.9. The number of ether oxygens (including phenoxy) is 1. The summed E-state index contributed by atoms with van der Waals surface area (Å²) in [5, 5.41) is 8.37. The predicted molar refractivity (Wildman–Crippen MR) is 95.9 cm³/mol. The molecule has 4 rings (SSSR count). The van der Waals surface area contributed by atoms with Crippen LogP contribution < -0.4 is 10.5 Å². The lowest BCUT2D eigenvalue weighted by atomic mass is 10.2. The Bertz CT molecular complexity index is 983. The van der Waals surface area contributed by atoms with Gasteiger partial charge < -0.3 is 10.5 Å². The lowest BCUT2D eigenvalue weighted by molar-refractivity contribution is 0.0997. The van der Waals surface area contributed by atoms with Gasteiger partial charge in [-0.05, 0) is 37.5 Å². The number of nitrogens with zero attached hydrogens (tertiary/aromatic N) is 4. The molecule has 0 spiro atoms. The van der Waals surface area contributed by atoms with Gasteiger partial charge in [0.25, 0.3) is 5.91 Å². The van der Waals surface area contributed by atoms with Crippen molar-refractivity contribution in [2.45, 2.75) is 36.1 Å². The molecule has 1 aromatic heterocycles. The van der Waals surface area contributed by atoms with Gasteiger partial charge in [0.15, 0.2) is 0 Å². The number of methoxy groups -OCH3 is 1. The van der Waals surface area contributed by atoms with Gasteiger partial charge in [-0.15, -0.1) is 5.10 Å².